The second-order valence-corrected chi connectivity index (χ2v) is 13.9. The highest BCUT2D eigenvalue weighted by Gasteiger charge is 2.35. The van der Waals surface area contributed by atoms with Crippen molar-refractivity contribution in [3.05, 3.63) is 60.3 Å². The van der Waals surface area contributed by atoms with E-state index in [0.717, 1.165) is 0 Å². The molecule has 2 atom stereocenters. The predicted octanol–water partition coefficient (Wildman–Crippen LogP) is 4.75. The Balaban J connectivity index is 1.47. The maximum Gasteiger partial charge on any atom is 0.367 e. The zero-order chi connectivity index (χ0) is 31.2. The van der Waals surface area contributed by atoms with Crippen molar-refractivity contribution in [3.8, 4) is 5.75 Å². The number of rotatable bonds is 15. The van der Waals surface area contributed by atoms with Gasteiger partial charge in [-0.3, -0.25) is 14.2 Å². The highest BCUT2D eigenvalue weighted by molar-refractivity contribution is 7.89. The number of ketones is 1. The number of aromatic nitrogens is 1. The Morgan fingerprint density at radius 2 is 1.79 bits per heavy atom. The number of hydrogen-bond acceptors (Lipinski definition) is 8. The van der Waals surface area contributed by atoms with Gasteiger partial charge in [-0.1, -0.05) is 18.2 Å². The van der Waals surface area contributed by atoms with E-state index in [9.17, 15) is 27.0 Å². The third-order valence-electron chi connectivity index (χ3n) is 7.09. The van der Waals surface area contributed by atoms with Gasteiger partial charge in [-0.15, -0.1) is 0 Å². The molecule has 234 valence electrons. The summed E-state index contributed by atoms with van der Waals surface area (Å²) in [5.41, 5.74) is 0.953. The minimum Gasteiger partial charge on any atom is -0.481 e. The lowest BCUT2D eigenvalue weighted by Crippen LogP contribution is -2.40. The molecule has 0 unspecified atom stereocenters. The summed E-state index contributed by atoms with van der Waals surface area (Å²) in [6, 6.07) is 12.4. The molecule has 0 saturated carbocycles. The molecule has 11 nitrogen and oxygen atoms in total. The molecule has 1 fully saturated rings. The predicted molar refractivity (Wildman–Crippen MR) is 160 cm³/mol. The van der Waals surface area contributed by atoms with Gasteiger partial charge in [0.2, 0.25) is 15.9 Å². The largest absolute Gasteiger partial charge is 0.481 e. The van der Waals surface area contributed by atoms with Crippen molar-refractivity contribution in [2.75, 3.05) is 32.7 Å². The van der Waals surface area contributed by atoms with E-state index in [1.807, 2.05) is 0 Å². The second kappa shape index (κ2) is 14.1. The van der Waals surface area contributed by atoms with E-state index in [4.69, 9.17) is 13.8 Å². The highest BCUT2D eigenvalue weighted by atomic mass is 32.2. The molecule has 1 amide bonds. The van der Waals surface area contributed by atoms with Crippen LogP contribution in [0.1, 0.15) is 44.0 Å². The minimum absolute atomic E-state index is 0.0433. The number of halogens is 1. The zero-order valence-corrected chi connectivity index (χ0v) is 26.1. The Kier molecular flexibility index (Phi) is 10.8. The fourth-order valence-corrected chi connectivity index (χ4v) is 7.54. The molecule has 1 aliphatic heterocycles. The second-order valence-electron chi connectivity index (χ2n) is 10.2. The van der Waals surface area contributed by atoms with Gasteiger partial charge in [0.25, 0.3) is 0 Å². The molecule has 0 aliphatic carbocycles. The van der Waals surface area contributed by atoms with Crippen LogP contribution in [-0.2, 0) is 35.0 Å². The first-order valence-electron chi connectivity index (χ1n) is 14.1. The Morgan fingerprint density at radius 1 is 1.09 bits per heavy atom. The van der Waals surface area contributed by atoms with Crippen molar-refractivity contribution in [3.63, 3.8) is 0 Å². The van der Waals surface area contributed by atoms with Crippen molar-refractivity contribution >= 4 is 40.2 Å². The highest BCUT2D eigenvalue weighted by Crippen LogP contribution is 2.48. The maximum atomic E-state index is 14.5. The fraction of sp³-hybridized carbons (Fsp3) is 0.448. The van der Waals surface area contributed by atoms with Crippen molar-refractivity contribution < 1.29 is 40.7 Å². The summed E-state index contributed by atoms with van der Waals surface area (Å²) in [7, 11) is -7.19. The number of benzene rings is 2. The molecular formula is C29H37FN3O8PS. The monoisotopic (exact) mass is 637 g/mol. The molecule has 1 saturated heterocycles. The number of carbonyl (C=O) groups excluding carboxylic acids is 2. The lowest BCUT2D eigenvalue weighted by Gasteiger charge is -2.25. The molecule has 2 aromatic carbocycles. The van der Waals surface area contributed by atoms with Crippen LogP contribution in [0, 0.1) is 0 Å². The standard InChI is InChI=1S/C29H37FN3O8PS/c1-4-40-42(36,41-5-2)20-39-24-11-12-28-26(16-24)27(21(3)34)18-32(28)19-29(35)33-17-22(30)15-23(33)13-14-31-43(37,38)25-9-7-6-8-10-25/h6-12,16,18,22-23,31H,4-5,13-15,17,19-20H2,1-3H3/t22-,23-/m1/s1. The number of likely N-dealkylation sites (tertiary alicyclic amines) is 1. The van der Waals surface area contributed by atoms with E-state index in [0.29, 0.717) is 22.2 Å². The number of nitrogens with zero attached hydrogens (tertiary/aromatic N) is 2. The van der Waals surface area contributed by atoms with Crippen molar-refractivity contribution in [1.82, 2.24) is 14.2 Å². The molecular weight excluding hydrogens is 600 g/mol. The summed E-state index contributed by atoms with van der Waals surface area (Å²) in [6.07, 6.45) is 0.399. The van der Waals surface area contributed by atoms with Crippen LogP contribution in [-0.4, -0.2) is 74.4 Å². The summed E-state index contributed by atoms with van der Waals surface area (Å²) in [4.78, 5) is 27.5. The lowest BCUT2D eigenvalue weighted by molar-refractivity contribution is -0.132. The van der Waals surface area contributed by atoms with Crippen LogP contribution >= 0.6 is 7.60 Å². The zero-order valence-electron chi connectivity index (χ0n) is 24.4. The third-order valence-corrected chi connectivity index (χ3v) is 10.3. The number of amides is 1. The van der Waals surface area contributed by atoms with Crippen LogP contribution in [0.4, 0.5) is 4.39 Å². The van der Waals surface area contributed by atoms with Gasteiger partial charge in [0.1, 0.15) is 18.5 Å². The SMILES string of the molecule is CCOP(=O)(COc1ccc2c(c1)c(C(C)=O)cn2CC(=O)N1C[C@H](F)C[C@H]1CCNS(=O)(=O)c1ccccc1)OCC. The number of sulfonamides is 1. The van der Waals surface area contributed by atoms with Crippen LogP contribution in [0.3, 0.4) is 0 Å². The number of Topliss-reactive ketones (excluding diaryl/α,β-unsaturated/α-hetero) is 1. The molecule has 0 spiro atoms. The van der Waals surface area contributed by atoms with Crippen LogP contribution < -0.4 is 9.46 Å². The third kappa shape index (κ3) is 8.10. The number of hydrogen-bond donors (Lipinski definition) is 1. The summed E-state index contributed by atoms with van der Waals surface area (Å²) >= 11 is 0. The molecule has 14 heteroatoms. The quantitative estimate of drug-likeness (QED) is 0.186. The van der Waals surface area contributed by atoms with E-state index in [1.54, 1.807) is 61.0 Å². The number of nitrogens with one attached hydrogen (secondary N) is 1. The van der Waals surface area contributed by atoms with Gasteiger partial charge < -0.3 is 23.3 Å². The summed E-state index contributed by atoms with van der Waals surface area (Å²) in [5.74, 6) is -0.231. The first kappa shape index (κ1) is 32.8. The van der Waals surface area contributed by atoms with Gasteiger partial charge >= 0.3 is 7.60 Å². The van der Waals surface area contributed by atoms with E-state index >= 15 is 0 Å². The first-order chi connectivity index (χ1) is 20.5. The van der Waals surface area contributed by atoms with Crippen molar-refractivity contribution in [1.29, 1.82) is 0 Å². The Labute approximate surface area is 250 Å². The molecule has 1 aromatic heterocycles. The summed E-state index contributed by atoms with van der Waals surface area (Å²) in [6.45, 7) is 5.00. The van der Waals surface area contributed by atoms with Crippen LogP contribution in [0.25, 0.3) is 10.9 Å². The number of ether oxygens (including phenoxy) is 1. The fourth-order valence-electron chi connectivity index (χ4n) is 5.15. The maximum absolute atomic E-state index is 14.5. The van der Waals surface area contributed by atoms with Crippen LogP contribution in [0.15, 0.2) is 59.6 Å². The molecule has 4 rings (SSSR count). The average molecular weight is 638 g/mol. The first-order valence-corrected chi connectivity index (χ1v) is 17.3. The van der Waals surface area contributed by atoms with E-state index < -0.39 is 29.8 Å². The molecule has 0 bridgehead atoms. The Morgan fingerprint density at radius 3 is 2.44 bits per heavy atom. The summed E-state index contributed by atoms with van der Waals surface area (Å²) < 4.78 is 72.7. The normalized spacial score (nSPS) is 17.4. The molecule has 0 radical (unpaired) electrons. The van der Waals surface area contributed by atoms with Crippen LogP contribution in [0.2, 0.25) is 0 Å². The minimum atomic E-state index is -3.73. The molecule has 1 aliphatic rings. The number of carbonyl (C=O) groups is 2. The number of alkyl halides is 1. The lowest BCUT2D eigenvalue weighted by atomic mass is 10.1. The van der Waals surface area contributed by atoms with Gasteiger partial charge in [0.05, 0.1) is 24.7 Å². The molecule has 1 N–H and O–H groups in total. The van der Waals surface area contributed by atoms with Crippen molar-refractivity contribution in [2.45, 2.75) is 57.3 Å². The smallest absolute Gasteiger partial charge is 0.367 e. The van der Waals surface area contributed by atoms with Gasteiger partial charge in [0.15, 0.2) is 12.1 Å². The topological polar surface area (TPSA) is 133 Å². The molecule has 2 heterocycles. The van der Waals surface area contributed by atoms with Gasteiger partial charge in [-0.05, 0) is 57.5 Å². The van der Waals surface area contributed by atoms with Gasteiger partial charge in [-0.25, -0.2) is 17.5 Å². The van der Waals surface area contributed by atoms with Gasteiger partial charge in [0, 0.05) is 41.7 Å². The van der Waals surface area contributed by atoms with Crippen LogP contribution in [0.5, 0.6) is 5.75 Å². The van der Waals surface area contributed by atoms with Crippen molar-refractivity contribution in [2.24, 2.45) is 0 Å². The Bertz CT molecular complexity index is 1590. The number of fused-ring (bicyclic) bond motifs is 1. The van der Waals surface area contributed by atoms with E-state index in [2.05, 4.69) is 4.72 Å². The van der Waals surface area contributed by atoms with E-state index in [1.165, 1.54) is 24.0 Å². The average Bonchev–Trinajstić information content (AvgIpc) is 3.52. The van der Waals surface area contributed by atoms with Gasteiger partial charge in [-0.2, -0.15) is 0 Å². The molecule has 3 aromatic rings. The Hall–Kier alpha value is -3.09. The van der Waals surface area contributed by atoms with E-state index in [-0.39, 0.29) is 68.6 Å². The molecule has 43 heavy (non-hydrogen) atoms. The summed E-state index contributed by atoms with van der Waals surface area (Å²) in [5, 5.41) is 0.539.